The number of rotatable bonds is 5. The van der Waals surface area contributed by atoms with Gasteiger partial charge in [0.25, 0.3) is 0 Å². The predicted octanol–water partition coefficient (Wildman–Crippen LogP) is 0.846. The van der Waals surface area contributed by atoms with Gasteiger partial charge in [0.15, 0.2) is 0 Å². The van der Waals surface area contributed by atoms with Gasteiger partial charge in [-0.05, 0) is 24.6 Å². The van der Waals surface area contributed by atoms with Gasteiger partial charge in [-0.25, -0.2) is 8.42 Å². The molecule has 0 amide bonds. The van der Waals surface area contributed by atoms with Gasteiger partial charge in [-0.2, -0.15) is 9.57 Å². The summed E-state index contributed by atoms with van der Waals surface area (Å²) in [4.78, 5) is 10.8. The fraction of sp³-hybridized carbons (Fsp3) is 0.333. The number of hydrogen-bond acceptors (Lipinski definition) is 4. The molecule has 6 nitrogen and oxygen atoms in total. The molecule has 0 aromatic heterocycles. The minimum Gasteiger partial charge on any atom is -0.480 e. The maximum atomic E-state index is 12.1. The third kappa shape index (κ3) is 3.30. The quantitative estimate of drug-likeness (QED) is 0.863. The number of sulfonamides is 1. The lowest BCUT2D eigenvalue weighted by atomic mass is 10.2. The van der Waals surface area contributed by atoms with Crippen LogP contribution in [0.4, 0.5) is 0 Å². The topological polar surface area (TPSA) is 98.5 Å². The van der Waals surface area contributed by atoms with Crippen LogP contribution < -0.4 is 0 Å². The van der Waals surface area contributed by atoms with Crippen molar-refractivity contribution in [2.75, 3.05) is 7.05 Å². The monoisotopic (exact) mass is 282 g/mol. The van der Waals surface area contributed by atoms with E-state index < -0.39 is 22.0 Å². The van der Waals surface area contributed by atoms with Gasteiger partial charge in [-0.1, -0.05) is 12.1 Å². The second-order valence-electron chi connectivity index (χ2n) is 4.01. The molecule has 0 aliphatic heterocycles. The second kappa shape index (κ2) is 5.82. The Hall–Kier alpha value is -1.91. The molecule has 0 aliphatic rings. The van der Waals surface area contributed by atoms with E-state index in [0.717, 1.165) is 4.31 Å². The molecule has 0 saturated heterocycles. The van der Waals surface area contributed by atoms with Crippen LogP contribution in [-0.4, -0.2) is 36.9 Å². The molecular weight excluding hydrogens is 268 g/mol. The molecule has 19 heavy (non-hydrogen) atoms. The van der Waals surface area contributed by atoms with Crippen molar-refractivity contribution in [2.24, 2.45) is 0 Å². The van der Waals surface area contributed by atoms with Crippen molar-refractivity contribution in [1.29, 1.82) is 5.26 Å². The Morgan fingerprint density at radius 3 is 2.37 bits per heavy atom. The number of carbonyl (C=O) groups is 1. The van der Waals surface area contributed by atoms with Crippen LogP contribution in [0.1, 0.15) is 12.5 Å². The van der Waals surface area contributed by atoms with Crippen LogP contribution in [0.3, 0.4) is 0 Å². The number of benzene rings is 1. The summed E-state index contributed by atoms with van der Waals surface area (Å²) in [6, 6.07) is 6.62. The number of aliphatic carboxylic acids is 1. The van der Waals surface area contributed by atoms with Crippen LogP contribution in [0.2, 0.25) is 0 Å². The van der Waals surface area contributed by atoms with Crippen molar-refractivity contribution in [3.8, 4) is 6.07 Å². The summed E-state index contributed by atoms with van der Waals surface area (Å²) < 4.78 is 25.1. The summed E-state index contributed by atoms with van der Waals surface area (Å²) in [5.74, 6) is -1.22. The zero-order valence-electron chi connectivity index (χ0n) is 10.6. The fourth-order valence-electron chi connectivity index (χ4n) is 1.40. The highest BCUT2D eigenvalue weighted by Crippen LogP contribution is 2.17. The maximum absolute atomic E-state index is 12.1. The molecule has 102 valence electrons. The van der Waals surface area contributed by atoms with Crippen molar-refractivity contribution >= 4 is 16.0 Å². The van der Waals surface area contributed by atoms with E-state index in [4.69, 9.17) is 10.4 Å². The Morgan fingerprint density at radius 2 is 1.95 bits per heavy atom. The normalized spacial score (nSPS) is 12.9. The van der Waals surface area contributed by atoms with Gasteiger partial charge in [0, 0.05) is 7.05 Å². The van der Waals surface area contributed by atoms with Gasteiger partial charge in [-0.15, -0.1) is 0 Å². The van der Waals surface area contributed by atoms with Crippen molar-refractivity contribution in [2.45, 2.75) is 24.3 Å². The lowest BCUT2D eigenvalue weighted by Gasteiger charge is -2.21. The summed E-state index contributed by atoms with van der Waals surface area (Å²) in [7, 11) is -2.63. The lowest BCUT2D eigenvalue weighted by molar-refractivity contribution is -0.140. The summed E-state index contributed by atoms with van der Waals surface area (Å²) >= 11 is 0. The predicted molar refractivity (Wildman–Crippen MR) is 67.8 cm³/mol. The minimum absolute atomic E-state index is 0.00443. The van der Waals surface area contributed by atoms with Crippen LogP contribution in [0.25, 0.3) is 0 Å². The molecule has 0 aliphatic carbocycles. The second-order valence-corrected chi connectivity index (χ2v) is 6.01. The lowest BCUT2D eigenvalue weighted by Crippen LogP contribution is -2.40. The van der Waals surface area contributed by atoms with Gasteiger partial charge in [0.1, 0.15) is 6.04 Å². The van der Waals surface area contributed by atoms with Crippen LogP contribution >= 0.6 is 0 Å². The molecule has 1 N–H and O–H groups in total. The average Bonchev–Trinajstić information content (AvgIpc) is 2.37. The highest BCUT2D eigenvalue weighted by Gasteiger charge is 2.29. The minimum atomic E-state index is -3.85. The molecular formula is C12H14N2O4S. The molecule has 1 rings (SSSR count). The zero-order valence-corrected chi connectivity index (χ0v) is 11.4. The Morgan fingerprint density at radius 1 is 1.42 bits per heavy atom. The van der Waals surface area contributed by atoms with Crippen LogP contribution in [-0.2, 0) is 21.2 Å². The molecule has 0 fully saturated rings. The number of carboxylic acid groups (broad SMARTS) is 1. The van der Waals surface area contributed by atoms with Crippen molar-refractivity contribution < 1.29 is 18.3 Å². The highest BCUT2D eigenvalue weighted by molar-refractivity contribution is 7.89. The summed E-state index contributed by atoms with van der Waals surface area (Å²) in [6.07, 6.45) is 0.196. The SMILES string of the molecule is CC(C(=O)O)N(C)S(=O)(=O)c1ccc(CC#N)cc1. The van der Waals surface area contributed by atoms with Gasteiger partial charge < -0.3 is 5.11 Å². The summed E-state index contributed by atoms with van der Waals surface area (Å²) in [6.45, 7) is 1.30. The standard InChI is InChI=1S/C12H14N2O4S/c1-9(12(15)16)14(2)19(17,18)11-5-3-10(4-6-11)7-8-13/h3-6,9H,7H2,1-2H3,(H,15,16). The van der Waals surface area contributed by atoms with Gasteiger partial charge >= 0.3 is 5.97 Å². The van der Waals surface area contributed by atoms with E-state index in [1.54, 1.807) is 0 Å². The fourth-order valence-corrected chi connectivity index (χ4v) is 2.72. The third-order valence-electron chi connectivity index (χ3n) is 2.79. The molecule has 0 bridgehead atoms. The van der Waals surface area contributed by atoms with Gasteiger partial charge in [0.2, 0.25) is 10.0 Å². The highest BCUT2D eigenvalue weighted by atomic mass is 32.2. The number of carboxylic acids is 1. The molecule has 0 radical (unpaired) electrons. The van der Waals surface area contributed by atoms with E-state index >= 15 is 0 Å². The van der Waals surface area contributed by atoms with Crippen molar-refractivity contribution in [3.63, 3.8) is 0 Å². The number of likely N-dealkylation sites (N-methyl/N-ethyl adjacent to an activating group) is 1. The van der Waals surface area contributed by atoms with E-state index in [0.29, 0.717) is 5.56 Å². The summed E-state index contributed by atoms with van der Waals surface area (Å²) in [5.41, 5.74) is 0.704. The summed E-state index contributed by atoms with van der Waals surface area (Å²) in [5, 5.41) is 17.4. The smallest absolute Gasteiger partial charge is 0.321 e. The maximum Gasteiger partial charge on any atom is 0.321 e. The third-order valence-corrected chi connectivity index (χ3v) is 4.73. The molecule has 1 aromatic rings. The zero-order chi connectivity index (χ0) is 14.6. The number of nitriles is 1. The molecule has 0 saturated carbocycles. The molecule has 0 heterocycles. The molecule has 7 heteroatoms. The molecule has 1 aromatic carbocycles. The first kappa shape index (κ1) is 15.1. The Bertz CT molecular complexity index is 602. The van der Waals surface area contributed by atoms with E-state index in [-0.39, 0.29) is 11.3 Å². The van der Waals surface area contributed by atoms with Crippen molar-refractivity contribution in [3.05, 3.63) is 29.8 Å². The number of nitrogens with zero attached hydrogens (tertiary/aromatic N) is 2. The first-order valence-electron chi connectivity index (χ1n) is 5.47. The first-order valence-corrected chi connectivity index (χ1v) is 6.91. The molecule has 0 spiro atoms. The van der Waals surface area contributed by atoms with Crippen molar-refractivity contribution in [1.82, 2.24) is 4.31 Å². The van der Waals surface area contributed by atoms with Crippen LogP contribution in [0.15, 0.2) is 29.2 Å². The Kier molecular flexibility index (Phi) is 4.64. The van der Waals surface area contributed by atoms with E-state index in [2.05, 4.69) is 0 Å². The van der Waals surface area contributed by atoms with Gasteiger partial charge in [-0.3, -0.25) is 4.79 Å². The Labute approximate surface area is 111 Å². The average molecular weight is 282 g/mol. The van der Waals surface area contributed by atoms with E-state index in [9.17, 15) is 13.2 Å². The van der Waals surface area contributed by atoms with Gasteiger partial charge in [0.05, 0.1) is 17.4 Å². The Balaban J connectivity index is 3.07. The largest absolute Gasteiger partial charge is 0.480 e. The van der Waals surface area contributed by atoms with Crippen LogP contribution in [0.5, 0.6) is 0 Å². The molecule has 1 atom stereocenters. The number of hydrogen-bond donors (Lipinski definition) is 1. The van der Waals surface area contributed by atoms with E-state index in [1.165, 1.54) is 38.2 Å². The molecule has 1 unspecified atom stereocenters. The first-order chi connectivity index (χ1) is 8.80. The van der Waals surface area contributed by atoms with E-state index in [1.807, 2.05) is 6.07 Å². The van der Waals surface area contributed by atoms with Crippen LogP contribution in [0, 0.1) is 11.3 Å².